The van der Waals surface area contributed by atoms with E-state index in [9.17, 15) is 18.0 Å². The molecule has 0 heterocycles. The number of hydrogen-bond donors (Lipinski definition) is 2. The quantitative estimate of drug-likeness (QED) is 0.725. The van der Waals surface area contributed by atoms with Gasteiger partial charge in [-0.2, -0.15) is 13.2 Å². The van der Waals surface area contributed by atoms with Crippen molar-refractivity contribution in [2.24, 2.45) is 5.92 Å². The maximum Gasteiger partial charge on any atom is 0.391 e. The average molecular weight is 240 g/mol. The third-order valence-corrected chi connectivity index (χ3v) is 2.67. The summed E-state index contributed by atoms with van der Waals surface area (Å²) in [4.78, 5) is 15.4. The molecular formula is C9H15F3N2O2. The molecule has 1 aliphatic carbocycles. The van der Waals surface area contributed by atoms with Gasteiger partial charge in [-0.05, 0) is 19.3 Å². The lowest BCUT2D eigenvalue weighted by Crippen LogP contribution is -2.45. The van der Waals surface area contributed by atoms with Gasteiger partial charge in [-0.25, -0.2) is 10.3 Å². The molecule has 4 nitrogen and oxygen atoms in total. The summed E-state index contributed by atoms with van der Waals surface area (Å²) in [6.07, 6.45) is -3.03. The van der Waals surface area contributed by atoms with E-state index in [1.54, 1.807) is 0 Å². The SMILES string of the molecule is CONC(=O)NC1CCCC(C(F)(F)F)C1. The molecule has 1 saturated carbocycles. The number of nitrogens with one attached hydrogen (secondary N) is 2. The maximum atomic E-state index is 12.4. The van der Waals surface area contributed by atoms with Crippen molar-refractivity contribution >= 4 is 6.03 Å². The average Bonchev–Trinajstić information content (AvgIpc) is 2.17. The van der Waals surface area contributed by atoms with Crippen LogP contribution in [0.15, 0.2) is 0 Å². The molecule has 0 aromatic rings. The van der Waals surface area contributed by atoms with E-state index >= 15 is 0 Å². The zero-order chi connectivity index (χ0) is 12.2. The Labute approximate surface area is 91.5 Å². The largest absolute Gasteiger partial charge is 0.391 e. The van der Waals surface area contributed by atoms with Crippen LogP contribution in [0.25, 0.3) is 0 Å². The van der Waals surface area contributed by atoms with Crippen LogP contribution in [0.2, 0.25) is 0 Å². The first kappa shape index (κ1) is 13.1. The Bertz CT molecular complexity index is 245. The summed E-state index contributed by atoms with van der Waals surface area (Å²) < 4.78 is 37.3. The molecule has 0 aromatic heterocycles. The molecule has 0 aliphatic heterocycles. The lowest BCUT2D eigenvalue weighted by atomic mass is 9.85. The minimum absolute atomic E-state index is 0.0549. The van der Waals surface area contributed by atoms with Crippen LogP contribution in [0.3, 0.4) is 0 Å². The Hall–Kier alpha value is -0.980. The van der Waals surface area contributed by atoms with Crippen molar-refractivity contribution in [3.8, 4) is 0 Å². The molecule has 1 rings (SSSR count). The number of halogens is 3. The first-order valence-corrected chi connectivity index (χ1v) is 5.09. The molecule has 7 heteroatoms. The van der Waals surface area contributed by atoms with Gasteiger partial charge in [0.05, 0.1) is 13.0 Å². The lowest BCUT2D eigenvalue weighted by Gasteiger charge is -2.30. The summed E-state index contributed by atoms with van der Waals surface area (Å²) in [5, 5.41) is 2.45. The standard InChI is InChI=1S/C9H15F3N2O2/c1-16-14-8(15)13-7-4-2-3-6(5-7)9(10,11)12/h6-7H,2-5H2,1H3,(H2,13,14,15). The van der Waals surface area contributed by atoms with Gasteiger partial charge in [0.25, 0.3) is 0 Å². The monoisotopic (exact) mass is 240 g/mol. The van der Waals surface area contributed by atoms with Crippen LogP contribution in [0.1, 0.15) is 25.7 Å². The van der Waals surface area contributed by atoms with Crippen LogP contribution in [-0.2, 0) is 4.84 Å². The smallest absolute Gasteiger partial charge is 0.334 e. The number of carbonyl (C=O) groups excluding carboxylic acids is 1. The fourth-order valence-corrected chi connectivity index (χ4v) is 1.93. The second-order valence-electron chi connectivity index (χ2n) is 3.88. The van der Waals surface area contributed by atoms with E-state index in [1.165, 1.54) is 7.11 Å². The molecule has 16 heavy (non-hydrogen) atoms. The Morgan fingerprint density at radius 3 is 2.62 bits per heavy atom. The van der Waals surface area contributed by atoms with Crippen LogP contribution in [0, 0.1) is 5.92 Å². The second-order valence-corrected chi connectivity index (χ2v) is 3.88. The number of urea groups is 1. The molecule has 0 radical (unpaired) electrons. The summed E-state index contributed by atoms with van der Waals surface area (Å²) in [6.45, 7) is 0. The minimum atomic E-state index is -4.17. The van der Waals surface area contributed by atoms with E-state index in [2.05, 4.69) is 10.2 Å². The lowest BCUT2D eigenvalue weighted by molar-refractivity contribution is -0.183. The highest BCUT2D eigenvalue weighted by molar-refractivity contribution is 5.72. The molecule has 2 atom stereocenters. The predicted octanol–water partition coefficient (Wildman–Crippen LogP) is 1.97. The van der Waals surface area contributed by atoms with Crippen molar-refractivity contribution in [2.45, 2.75) is 37.9 Å². The second kappa shape index (κ2) is 5.38. The molecule has 0 bridgehead atoms. The number of hydroxylamine groups is 1. The summed E-state index contributed by atoms with van der Waals surface area (Å²) in [5.41, 5.74) is 2.02. The van der Waals surface area contributed by atoms with Crippen LogP contribution >= 0.6 is 0 Å². The number of hydrogen-bond acceptors (Lipinski definition) is 2. The van der Waals surface area contributed by atoms with Crippen molar-refractivity contribution in [1.82, 2.24) is 10.8 Å². The van der Waals surface area contributed by atoms with Crippen LogP contribution in [-0.4, -0.2) is 25.4 Å². The highest BCUT2D eigenvalue weighted by atomic mass is 19.4. The molecule has 0 saturated heterocycles. The highest BCUT2D eigenvalue weighted by Gasteiger charge is 2.42. The van der Waals surface area contributed by atoms with E-state index in [1.807, 2.05) is 5.48 Å². The third kappa shape index (κ3) is 3.88. The molecule has 0 spiro atoms. The van der Waals surface area contributed by atoms with Crippen LogP contribution in [0.5, 0.6) is 0 Å². The molecule has 2 N–H and O–H groups in total. The number of alkyl halides is 3. The Kier molecular flexibility index (Phi) is 4.40. The van der Waals surface area contributed by atoms with Crippen molar-refractivity contribution < 1.29 is 22.8 Å². The minimum Gasteiger partial charge on any atom is -0.334 e. The van der Waals surface area contributed by atoms with Gasteiger partial charge in [-0.15, -0.1) is 0 Å². The van der Waals surface area contributed by atoms with E-state index in [4.69, 9.17) is 0 Å². The molecule has 0 aromatic carbocycles. The summed E-state index contributed by atoms with van der Waals surface area (Å²) in [6, 6.07) is -1.04. The maximum absolute atomic E-state index is 12.4. The summed E-state index contributed by atoms with van der Waals surface area (Å²) in [5.74, 6) is -1.31. The van der Waals surface area contributed by atoms with Gasteiger partial charge in [-0.1, -0.05) is 6.42 Å². The Morgan fingerprint density at radius 2 is 2.06 bits per heavy atom. The number of rotatable bonds is 2. The van der Waals surface area contributed by atoms with E-state index < -0.39 is 24.2 Å². The number of amides is 2. The van der Waals surface area contributed by atoms with Crippen molar-refractivity contribution in [2.75, 3.05) is 7.11 Å². The zero-order valence-corrected chi connectivity index (χ0v) is 8.93. The van der Waals surface area contributed by atoms with Gasteiger partial charge in [0.15, 0.2) is 0 Å². The van der Waals surface area contributed by atoms with Crippen LogP contribution < -0.4 is 10.8 Å². The molecule has 2 amide bonds. The zero-order valence-electron chi connectivity index (χ0n) is 8.93. The fourth-order valence-electron chi connectivity index (χ4n) is 1.93. The molecule has 2 unspecified atom stereocenters. The van der Waals surface area contributed by atoms with Gasteiger partial charge < -0.3 is 5.32 Å². The highest BCUT2D eigenvalue weighted by Crippen LogP contribution is 2.37. The Morgan fingerprint density at radius 1 is 1.38 bits per heavy atom. The van der Waals surface area contributed by atoms with Crippen molar-refractivity contribution in [3.63, 3.8) is 0 Å². The van der Waals surface area contributed by atoms with Gasteiger partial charge in [0, 0.05) is 6.04 Å². The van der Waals surface area contributed by atoms with Gasteiger partial charge in [0.1, 0.15) is 0 Å². The molecule has 1 fully saturated rings. The normalized spacial score (nSPS) is 26.2. The van der Waals surface area contributed by atoms with Gasteiger partial charge in [0.2, 0.25) is 0 Å². The first-order chi connectivity index (χ1) is 7.43. The van der Waals surface area contributed by atoms with E-state index in [-0.39, 0.29) is 12.8 Å². The topological polar surface area (TPSA) is 50.4 Å². The summed E-state index contributed by atoms with van der Waals surface area (Å²) in [7, 11) is 1.26. The van der Waals surface area contributed by atoms with E-state index in [0.29, 0.717) is 12.8 Å². The Balaban J connectivity index is 2.42. The molecular weight excluding hydrogens is 225 g/mol. The van der Waals surface area contributed by atoms with Crippen LogP contribution in [0.4, 0.5) is 18.0 Å². The number of carbonyl (C=O) groups is 1. The van der Waals surface area contributed by atoms with E-state index in [0.717, 1.165) is 0 Å². The molecule has 1 aliphatic rings. The van der Waals surface area contributed by atoms with Gasteiger partial charge >= 0.3 is 12.2 Å². The fraction of sp³-hybridized carbons (Fsp3) is 0.889. The van der Waals surface area contributed by atoms with Crippen molar-refractivity contribution in [1.29, 1.82) is 0 Å². The van der Waals surface area contributed by atoms with Crippen molar-refractivity contribution in [3.05, 3.63) is 0 Å². The van der Waals surface area contributed by atoms with Gasteiger partial charge in [-0.3, -0.25) is 4.84 Å². The third-order valence-electron chi connectivity index (χ3n) is 2.67. The predicted molar refractivity (Wildman–Crippen MR) is 50.5 cm³/mol. The first-order valence-electron chi connectivity index (χ1n) is 5.09. The summed E-state index contributed by atoms with van der Waals surface area (Å²) >= 11 is 0. The molecule has 94 valence electrons.